The van der Waals surface area contributed by atoms with E-state index in [2.05, 4.69) is 0 Å². The van der Waals surface area contributed by atoms with Gasteiger partial charge in [-0.1, -0.05) is 6.07 Å². The molecule has 0 aromatic carbocycles. The van der Waals surface area contributed by atoms with Gasteiger partial charge in [0, 0.05) is 7.05 Å². The number of hydrogen-bond donors (Lipinski definition) is 3. The van der Waals surface area contributed by atoms with Crippen LogP contribution in [0.5, 0.6) is 0 Å². The van der Waals surface area contributed by atoms with Gasteiger partial charge in [0.15, 0.2) is 0 Å². The van der Waals surface area contributed by atoms with E-state index in [9.17, 15) is 18.0 Å². The number of aliphatic carboxylic acids is 1. The Bertz CT molecular complexity index is 569. The minimum atomic E-state index is -3.77. The van der Waals surface area contributed by atoms with E-state index in [0.29, 0.717) is 0 Å². The first-order chi connectivity index (χ1) is 9.28. The SMILES string of the molecule is CN(CC(=O)NC(CO)C(=O)O)S(=O)(=O)c1cccs1. The molecule has 0 aliphatic carbocycles. The number of amides is 1. The summed E-state index contributed by atoms with van der Waals surface area (Å²) < 4.78 is 24.9. The van der Waals surface area contributed by atoms with Crippen molar-refractivity contribution in [3.63, 3.8) is 0 Å². The average Bonchev–Trinajstić information content (AvgIpc) is 2.89. The minimum Gasteiger partial charge on any atom is -0.480 e. The summed E-state index contributed by atoms with van der Waals surface area (Å²) >= 11 is 1.01. The molecule has 1 rings (SSSR count). The smallest absolute Gasteiger partial charge is 0.328 e. The summed E-state index contributed by atoms with van der Waals surface area (Å²) in [5.41, 5.74) is 0. The first-order valence-corrected chi connectivity index (χ1v) is 7.74. The second kappa shape index (κ2) is 6.79. The summed E-state index contributed by atoms with van der Waals surface area (Å²) in [4.78, 5) is 22.2. The molecule has 0 aliphatic rings. The number of sulfonamides is 1. The van der Waals surface area contributed by atoms with Crippen molar-refractivity contribution in [2.45, 2.75) is 10.3 Å². The lowest BCUT2D eigenvalue weighted by Gasteiger charge is -2.17. The number of carbonyl (C=O) groups is 2. The standard InChI is InChI=1S/C10H14N2O6S2/c1-12(20(17,18)9-3-2-4-19-9)5-8(14)11-7(6-13)10(15)16/h2-4,7,13H,5-6H2,1H3,(H,11,14)(H,15,16). The number of carbonyl (C=O) groups excluding carboxylic acids is 1. The third-order valence-electron chi connectivity index (χ3n) is 2.34. The van der Waals surface area contributed by atoms with Crippen molar-refractivity contribution < 1.29 is 28.2 Å². The van der Waals surface area contributed by atoms with E-state index in [4.69, 9.17) is 10.2 Å². The van der Waals surface area contributed by atoms with Gasteiger partial charge in [-0.05, 0) is 11.4 Å². The van der Waals surface area contributed by atoms with Crippen LogP contribution in [0.1, 0.15) is 0 Å². The number of carboxylic acids is 1. The molecule has 0 spiro atoms. The Balaban J connectivity index is 2.69. The average molecular weight is 322 g/mol. The molecule has 10 heteroatoms. The van der Waals surface area contributed by atoms with Gasteiger partial charge in [0.25, 0.3) is 10.0 Å². The van der Waals surface area contributed by atoms with Gasteiger partial charge >= 0.3 is 5.97 Å². The first kappa shape index (κ1) is 16.6. The number of carboxylic acid groups (broad SMARTS) is 1. The van der Waals surface area contributed by atoms with Gasteiger partial charge in [-0.25, -0.2) is 13.2 Å². The lowest BCUT2D eigenvalue weighted by molar-refractivity contribution is -0.142. The highest BCUT2D eigenvalue weighted by Crippen LogP contribution is 2.19. The van der Waals surface area contributed by atoms with Crippen molar-refractivity contribution in [1.82, 2.24) is 9.62 Å². The van der Waals surface area contributed by atoms with E-state index in [0.717, 1.165) is 15.6 Å². The molecule has 8 nitrogen and oxygen atoms in total. The number of hydrogen-bond acceptors (Lipinski definition) is 6. The lowest BCUT2D eigenvalue weighted by atomic mass is 10.3. The van der Waals surface area contributed by atoms with Crippen LogP contribution in [0.15, 0.2) is 21.7 Å². The van der Waals surface area contributed by atoms with Crippen LogP contribution in [-0.4, -0.2) is 61.1 Å². The fourth-order valence-electron chi connectivity index (χ4n) is 1.28. The van der Waals surface area contributed by atoms with Crippen LogP contribution in [0.2, 0.25) is 0 Å². The number of nitrogens with zero attached hydrogens (tertiary/aromatic N) is 1. The predicted octanol–water partition coefficient (Wildman–Crippen LogP) is -1.07. The van der Waals surface area contributed by atoms with Gasteiger partial charge in [-0.15, -0.1) is 11.3 Å². The van der Waals surface area contributed by atoms with Crippen LogP contribution in [0.25, 0.3) is 0 Å². The molecule has 1 amide bonds. The van der Waals surface area contributed by atoms with Crippen LogP contribution in [0, 0.1) is 0 Å². The second-order valence-corrected chi connectivity index (χ2v) is 7.05. The number of nitrogens with one attached hydrogen (secondary N) is 1. The number of likely N-dealkylation sites (N-methyl/N-ethyl adjacent to an activating group) is 1. The quantitative estimate of drug-likeness (QED) is 0.587. The number of aliphatic hydroxyl groups is 1. The maximum Gasteiger partial charge on any atom is 0.328 e. The van der Waals surface area contributed by atoms with Gasteiger partial charge in [-0.2, -0.15) is 4.31 Å². The van der Waals surface area contributed by atoms with E-state index in [1.807, 2.05) is 5.32 Å². The van der Waals surface area contributed by atoms with Gasteiger partial charge in [-0.3, -0.25) is 4.79 Å². The molecule has 1 aromatic rings. The maximum absolute atomic E-state index is 12.0. The summed E-state index contributed by atoms with van der Waals surface area (Å²) in [6.45, 7) is -1.31. The zero-order valence-electron chi connectivity index (χ0n) is 10.5. The molecule has 0 saturated heterocycles. The van der Waals surface area contributed by atoms with Gasteiger partial charge < -0.3 is 15.5 Å². The third-order valence-corrected chi connectivity index (χ3v) is 5.52. The Hall–Kier alpha value is -1.49. The van der Waals surface area contributed by atoms with E-state index >= 15 is 0 Å². The van der Waals surface area contributed by atoms with Crippen molar-refractivity contribution in [2.24, 2.45) is 0 Å². The Morgan fingerprint density at radius 1 is 1.50 bits per heavy atom. The van der Waals surface area contributed by atoms with Crippen molar-refractivity contribution in [1.29, 1.82) is 0 Å². The molecule has 0 bridgehead atoms. The Morgan fingerprint density at radius 2 is 2.15 bits per heavy atom. The monoisotopic (exact) mass is 322 g/mol. The summed E-state index contributed by atoms with van der Waals surface area (Å²) in [5.74, 6) is -2.21. The molecule has 0 radical (unpaired) electrons. The Labute approximate surface area is 119 Å². The normalized spacial score (nSPS) is 13.2. The molecule has 1 aromatic heterocycles. The van der Waals surface area contributed by atoms with Crippen LogP contribution < -0.4 is 5.32 Å². The summed E-state index contributed by atoms with van der Waals surface area (Å²) in [6, 6.07) is 1.51. The van der Waals surface area contributed by atoms with Crippen molar-refractivity contribution in [3.8, 4) is 0 Å². The summed E-state index contributed by atoms with van der Waals surface area (Å²) in [7, 11) is -2.56. The predicted molar refractivity (Wildman–Crippen MR) is 70.8 cm³/mol. The number of aliphatic hydroxyl groups excluding tert-OH is 1. The van der Waals surface area contributed by atoms with E-state index in [1.54, 1.807) is 11.4 Å². The van der Waals surface area contributed by atoms with Crippen LogP contribution in [0.3, 0.4) is 0 Å². The third kappa shape index (κ3) is 4.00. The van der Waals surface area contributed by atoms with E-state index in [1.165, 1.54) is 13.1 Å². The fraction of sp³-hybridized carbons (Fsp3) is 0.400. The number of thiophene rings is 1. The molecule has 0 fully saturated rings. The highest BCUT2D eigenvalue weighted by atomic mass is 32.2. The Kier molecular flexibility index (Phi) is 5.62. The molecule has 112 valence electrons. The van der Waals surface area contributed by atoms with Crippen molar-refractivity contribution >= 4 is 33.2 Å². The van der Waals surface area contributed by atoms with Gasteiger partial charge in [0.2, 0.25) is 5.91 Å². The molecular formula is C10H14N2O6S2. The largest absolute Gasteiger partial charge is 0.480 e. The number of rotatable bonds is 7. The fourth-order valence-corrected chi connectivity index (χ4v) is 3.60. The first-order valence-electron chi connectivity index (χ1n) is 5.42. The molecule has 1 atom stereocenters. The molecule has 1 heterocycles. The van der Waals surface area contributed by atoms with Crippen LogP contribution in [-0.2, 0) is 19.6 Å². The van der Waals surface area contributed by atoms with Gasteiger partial charge in [0.05, 0.1) is 13.2 Å². The highest BCUT2D eigenvalue weighted by Gasteiger charge is 2.26. The topological polar surface area (TPSA) is 124 Å². The van der Waals surface area contributed by atoms with Gasteiger partial charge in [0.1, 0.15) is 10.3 Å². The molecule has 0 saturated carbocycles. The molecule has 0 aliphatic heterocycles. The highest BCUT2D eigenvalue weighted by molar-refractivity contribution is 7.91. The maximum atomic E-state index is 12.0. The van der Waals surface area contributed by atoms with Crippen molar-refractivity contribution in [3.05, 3.63) is 17.5 Å². The molecule has 3 N–H and O–H groups in total. The van der Waals surface area contributed by atoms with Crippen LogP contribution in [0.4, 0.5) is 0 Å². The minimum absolute atomic E-state index is 0.0877. The molecule has 1 unspecified atom stereocenters. The zero-order chi connectivity index (χ0) is 15.3. The molecular weight excluding hydrogens is 308 g/mol. The summed E-state index contributed by atoms with van der Waals surface area (Å²) in [5, 5.41) is 21.0. The second-order valence-electron chi connectivity index (χ2n) is 3.83. The summed E-state index contributed by atoms with van der Waals surface area (Å²) in [6.07, 6.45) is 0. The lowest BCUT2D eigenvalue weighted by Crippen LogP contribution is -2.47. The van der Waals surface area contributed by atoms with E-state index in [-0.39, 0.29) is 4.21 Å². The van der Waals surface area contributed by atoms with E-state index < -0.39 is 41.1 Å². The Morgan fingerprint density at radius 3 is 2.60 bits per heavy atom. The van der Waals surface area contributed by atoms with Crippen LogP contribution >= 0.6 is 11.3 Å². The molecule has 20 heavy (non-hydrogen) atoms. The van der Waals surface area contributed by atoms with Crippen molar-refractivity contribution in [2.75, 3.05) is 20.2 Å². The zero-order valence-corrected chi connectivity index (χ0v) is 12.1.